The summed E-state index contributed by atoms with van der Waals surface area (Å²) >= 11 is 1.80. The largest absolute Gasteiger partial charge is 0.252 e. The minimum atomic E-state index is 0.502. The number of aryl methyl sites for hydroxylation is 3. The lowest BCUT2D eigenvalue weighted by atomic mass is 9.95. The van der Waals surface area contributed by atoms with Gasteiger partial charge in [0.15, 0.2) is 5.65 Å². The average molecular weight is 419 g/mol. The van der Waals surface area contributed by atoms with E-state index in [1.54, 1.807) is 11.3 Å². The third-order valence-corrected chi connectivity index (χ3v) is 7.54. The van der Waals surface area contributed by atoms with Crippen molar-refractivity contribution >= 4 is 17.0 Å². The number of pyridine rings is 1. The fraction of sp³-hybridized carbons (Fsp3) is 0.400. The molecule has 0 saturated heterocycles. The normalized spacial score (nSPS) is 11.7. The van der Waals surface area contributed by atoms with E-state index in [0.717, 1.165) is 47.0 Å². The molecule has 0 radical (unpaired) electrons. The zero-order chi connectivity index (χ0) is 21.6. The van der Waals surface area contributed by atoms with Gasteiger partial charge in [-0.25, -0.2) is 9.50 Å². The molecule has 0 N–H and O–H groups in total. The smallest absolute Gasteiger partial charge is 0.158 e. The first-order valence-corrected chi connectivity index (χ1v) is 11.6. The Hall–Kier alpha value is -2.53. The van der Waals surface area contributed by atoms with Gasteiger partial charge in [0.25, 0.3) is 0 Å². The van der Waals surface area contributed by atoms with E-state index in [4.69, 9.17) is 15.1 Å². The molecule has 30 heavy (non-hydrogen) atoms. The van der Waals surface area contributed by atoms with Crippen LogP contribution in [-0.4, -0.2) is 19.6 Å². The van der Waals surface area contributed by atoms with Crippen molar-refractivity contribution in [3.8, 4) is 21.1 Å². The van der Waals surface area contributed by atoms with Gasteiger partial charge in [-0.15, -0.1) is 11.3 Å². The van der Waals surface area contributed by atoms with Crippen molar-refractivity contribution in [1.82, 2.24) is 19.6 Å². The summed E-state index contributed by atoms with van der Waals surface area (Å²) in [5, 5.41) is 4.90. The van der Waals surface area contributed by atoms with Crippen LogP contribution >= 0.6 is 11.3 Å². The molecule has 0 spiro atoms. The van der Waals surface area contributed by atoms with Crippen molar-refractivity contribution in [2.24, 2.45) is 0 Å². The molecule has 0 unspecified atom stereocenters. The van der Waals surface area contributed by atoms with E-state index < -0.39 is 0 Å². The van der Waals surface area contributed by atoms with Crippen LogP contribution in [0.3, 0.4) is 0 Å². The second-order valence-corrected chi connectivity index (χ2v) is 9.23. The Morgan fingerprint density at radius 1 is 0.900 bits per heavy atom. The van der Waals surface area contributed by atoms with Gasteiger partial charge in [0.2, 0.25) is 0 Å². The Kier molecular flexibility index (Phi) is 5.49. The highest BCUT2D eigenvalue weighted by atomic mass is 32.1. The zero-order valence-electron chi connectivity index (χ0n) is 19.0. The predicted octanol–water partition coefficient (Wildman–Crippen LogP) is 6.97. The van der Waals surface area contributed by atoms with Crippen LogP contribution in [0.1, 0.15) is 66.4 Å². The molecule has 0 aromatic carbocycles. The number of aromatic nitrogens is 4. The van der Waals surface area contributed by atoms with E-state index in [2.05, 4.69) is 64.3 Å². The number of hydrogen-bond donors (Lipinski definition) is 0. The molecule has 0 aliphatic rings. The summed E-state index contributed by atoms with van der Waals surface area (Å²) in [6, 6.07) is 8.45. The SMILES string of the molecule is CCC(CC)c1cc(C)nn2c(-c3sc(-c4cccc(C)n4)c(C)c3C)c(C)nc12. The molecule has 0 bridgehead atoms. The molecule has 0 fully saturated rings. The highest BCUT2D eigenvalue weighted by molar-refractivity contribution is 7.19. The molecule has 0 amide bonds. The van der Waals surface area contributed by atoms with Gasteiger partial charge in [0.05, 0.1) is 26.8 Å². The van der Waals surface area contributed by atoms with Crippen LogP contribution < -0.4 is 0 Å². The Morgan fingerprint density at radius 3 is 2.27 bits per heavy atom. The van der Waals surface area contributed by atoms with E-state index in [-0.39, 0.29) is 0 Å². The van der Waals surface area contributed by atoms with Crippen molar-refractivity contribution in [3.05, 3.63) is 58.0 Å². The van der Waals surface area contributed by atoms with Gasteiger partial charge in [0.1, 0.15) is 5.69 Å². The molecule has 4 aromatic rings. The van der Waals surface area contributed by atoms with Gasteiger partial charge in [-0.2, -0.15) is 5.10 Å². The molecule has 4 rings (SSSR count). The van der Waals surface area contributed by atoms with Gasteiger partial charge in [0, 0.05) is 11.3 Å². The summed E-state index contributed by atoms with van der Waals surface area (Å²) < 4.78 is 2.09. The van der Waals surface area contributed by atoms with Crippen LogP contribution in [0, 0.1) is 34.6 Å². The molecule has 0 aliphatic heterocycles. The summed E-state index contributed by atoms with van der Waals surface area (Å²) in [4.78, 5) is 12.2. The van der Waals surface area contributed by atoms with E-state index in [0.29, 0.717) is 5.92 Å². The first kappa shape index (κ1) is 20.7. The lowest BCUT2D eigenvalue weighted by Crippen LogP contribution is -2.05. The van der Waals surface area contributed by atoms with E-state index in [1.165, 1.54) is 26.4 Å². The zero-order valence-corrected chi connectivity index (χ0v) is 19.8. The monoisotopic (exact) mass is 418 g/mol. The Bertz CT molecular complexity index is 1230. The molecule has 4 heterocycles. The van der Waals surface area contributed by atoms with Crippen molar-refractivity contribution in [2.45, 2.75) is 67.2 Å². The number of rotatable bonds is 5. The standard InChI is InChI=1S/C25H30N4S/c1-8-19(9-2)20-13-15(4)28-29-22(18(7)27-25(20)29)24-17(6)16(5)23(30-24)21-12-10-11-14(3)26-21/h10-13,19H,8-9H2,1-7H3. The third-order valence-electron chi connectivity index (χ3n) is 6.12. The van der Waals surface area contributed by atoms with Crippen molar-refractivity contribution in [1.29, 1.82) is 0 Å². The van der Waals surface area contributed by atoms with Crippen molar-refractivity contribution in [2.75, 3.05) is 0 Å². The molecular weight excluding hydrogens is 388 g/mol. The Morgan fingerprint density at radius 2 is 1.60 bits per heavy atom. The molecule has 4 nitrogen and oxygen atoms in total. The summed E-state index contributed by atoms with van der Waals surface area (Å²) in [7, 11) is 0. The fourth-order valence-electron chi connectivity index (χ4n) is 4.30. The highest BCUT2D eigenvalue weighted by Crippen LogP contribution is 2.42. The van der Waals surface area contributed by atoms with Gasteiger partial charge < -0.3 is 0 Å². The van der Waals surface area contributed by atoms with Gasteiger partial charge >= 0.3 is 0 Å². The summed E-state index contributed by atoms with van der Waals surface area (Å²) in [5.74, 6) is 0.502. The van der Waals surface area contributed by atoms with Gasteiger partial charge in [-0.05, 0) is 82.7 Å². The van der Waals surface area contributed by atoms with Crippen LogP contribution in [-0.2, 0) is 0 Å². The summed E-state index contributed by atoms with van der Waals surface area (Å²) in [5.41, 5.74) is 10.2. The molecule has 156 valence electrons. The van der Waals surface area contributed by atoms with Crippen LogP contribution in [0.4, 0.5) is 0 Å². The maximum absolute atomic E-state index is 5.01. The topological polar surface area (TPSA) is 43.1 Å². The van der Waals surface area contributed by atoms with Crippen LogP contribution in [0.5, 0.6) is 0 Å². The molecule has 0 saturated carbocycles. The number of fused-ring (bicyclic) bond motifs is 1. The van der Waals surface area contributed by atoms with Gasteiger partial charge in [-0.1, -0.05) is 19.9 Å². The quantitative estimate of drug-likeness (QED) is 0.352. The van der Waals surface area contributed by atoms with Crippen LogP contribution in [0.2, 0.25) is 0 Å². The minimum absolute atomic E-state index is 0.502. The number of hydrogen-bond acceptors (Lipinski definition) is 4. The van der Waals surface area contributed by atoms with Crippen LogP contribution in [0.25, 0.3) is 26.8 Å². The maximum atomic E-state index is 5.01. The first-order valence-electron chi connectivity index (χ1n) is 10.8. The second-order valence-electron chi connectivity index (χ2n) is 8.21. The fourth-order valence-corrected chi connectivity index (χ4v) is 5.67. The third kappa shape index (κ3) is 3.35. The van der Waals surface area contributed by atoms with Gasteiger partial charge in [-0.3, -0.25) is 4.98 Å². The number of nitrogens with zero attached hydrogens (tertiary/aromatic N) is 4. The number of imidazole rings is 1. The van der Waals surface area contributed by atoms with E-state index in [9.17, 15) is 0 Å². The van der Waals surface area contributed by atoms with Crippen molar-refractivity contribution in [3.63, 3.8) is 0 Å². The second kappa shape index (κ2) is 7.95. The first-order chi connectivity index (χ1) is 14.3. The average Bonchev–Trinajstić information content (AvgIpc) is 3.19. The molecule has 4 aromatic heterocycles. The highest BCUT2D eigenvalue weighted by Gasteiger charge is 2.23. The van der Waals surface area contributed by atoms with E-state index in [1.807, 2.05) is 13.0 Å². The van der Waals surface area contributed by atoms with Crippen LogP contribution in [0.15, 0.2) is 24.3 Å². The molecule has 0 aliphatic carbocycles. The van der Waals surface area contributed by atoms with Crippen molar-refractivity contribution < 1.29 is 0 Å². The number of thiophene rings is 1. The summed E-state index contributed by atoms with van der Waals surface area (Å²) in [6.45, 7) is 15.1. The maximum Gasteiger partial charge on any atom is 0.158 e. The molecular formula is C25H30N4S. The Balaban J connectivity index is 1.97. The summed E-state index contributed by atoms with van der Waals surface area (Å²) in [6.07, 6.45) is 2.22. The minimum Gasteiger partial charge on any atom is -0.252 e. The van der Waals surface area contributed by atoms with E-state index >= 15 is 0 Å². The molecule has 0 atom stereocenters. The molecule has 5 heteroatoms. The predicted molar refractivity (Wildman–Crippen MR) is 127 cm³/mol. The Labute approximate surface area is 183 Å². The lowest BCUT2D eigenvalue weighted by molar-refractivity contribution is 0.638. The lowest BCUT2D eigenvalue weighted by Gasteiger charge is -2.14.